The minimum absolute atomic E-state index is 0.235. The van der Waals surface area contributed by atoms with Crippen LogP contribution in [-0.4, -0.2) is 36.2 Å². The minimum Gasteiger partial charge on any atom is -0.312 e. The summed E-state index contributed by atoms with van der Waals surface area (Å²) < 4.78 is 0. The van der Waals surface area contributed by atoms with Crippen LogP contribution in [0.1, 0.15) is 64.7 Å². The molecule has 0 atom stereocenters. The number of carbonyl (C=O) groups is 2. The highest BCUT2D eigenvalue weighted by Gasteiger charge is 2.32. The fourth-order valence-corrected chi connectivity index (χ4v) is 5.60. The number of ketones is 1. The van der Waals surface area contributed by atoms with Crippen LogP contribution in [-0.2, 0) is 24.2 Å². The lowest BCUT2D eigenvalue weighted by Gasteiger charge is -2.32. The average molecular weight is 417 g/mol. The molecule has 2 aromatic rings. The molecular formula is C27H32N2O2. The van der Waals surface area contributed by atoms with E-state index in [-0.39, 0.29) is 11.7 Å². The zero-order valence-corrected chi connectivity index (χ0v) is 18.5. The third kappa shape index (κ3) is 4.31. The Bertz CT molecular complexity index is 1000. The minimum atomic E-state index is 0.235. The van der Waals surface area contributed by atoms with Gasteiger partial charge in [-0.3, -0.25) is 14.5 Å². The molecule has 0 unspecified atom stereocenters. The van der Waals surface area contributed by atoms with Crippen LogP contribution in [0.2, 0.25) is 0 Å². The number of nitrogens with zero attached hydrogens (tertiary/aromatic N) is 2. The molecule has 162 valence electrons. The first-order valence-electron chi connectivity index (χ1n) is 11.8. The number of piperidine rings is 1. The Balaban J connectivity index is 1.14. The van der Waals surface area contributed by atoms with E-state index < -0.39 is 0 Å². The van der Waals surface area contributed by atoms with E-state index in [1.807, 2.05) is 4.90 Å². The third-order valence-electron chi connectivity index (χ3n) is 7.35. The maximum atomic E-state index is 13.0. The van der Waals surface area contributed by atoms with E-state index in [4.69, 9.17) is 0 Å². The van der Waals surface area contributed by atoms with Crippen LogP contribution >= 0.6 is 0 Å². The largest absolute Gasteiger partial charge is 0.312 e. The molecule has 3 aliphatic heterocycles. The Hall–Kier alpha value is -2.46. The van der Waals surface area contributed by atoms with Crippen LogP contribution in [0.3, 0.4) is 0 Å². The average Bonchev–Trinajstić information content (AvgIpc) is 3.21. The molecule has 3 aliphatic rings. The van der Waals surface area contributed by atoms with Gasteiger partial charge in [0.15, 0.2) is 5.78 Å². The van der Waals surface area contributed by atoms with Gasteiger partial charge in [-0.15, -0.1) is 0 Å². The quantitative estimate of drug-likeness (QED) is 0.641. The first kappa shape index (κ1) is 20.4. The molecule has 0 radical (unpaired) electrons. The summed E-state index contributed by atoms with van der Waals surface area (Å²) in [6, 6.07) is 12.9. The summed E-state index contributed by atoms with van der Waals surface area (Å²) in [7, 11) is 0. The van der Waals surface area contributed by atoms with Crippen molar-refractivity contribution < 1.29 is 9.59 Å². The standard InChI is InChI=1S/C27H32N2O2/c1-19-3-2-4-21(15-19)18-28-12-9-20(10-13-28)5-7-25(30)24-16-22-6-8-26(31)29-14-11-23(17-24)27(22)29/h2-4,15-17,20H,5-14,18H2,1H3. The second kappa shape index (κ2) is 8.58. The number of anilines is 1. The Morgan fingerprint density at radius 2 is 1.77 bits per heavy atom. The molecule has 0 saturated carbocycles. The molecule has 0 aliphatic carbocycles. The van der Waals surface area contributed by atoms with Crippen molar-refractivity contribution >= 4 is 17.4 Å². The highest BCUT2D eigenvalue weighted by Crippen LogP contribution is 2.38. The number of Topliss-reactive ketones (excluding diaryl/α,β-unsaturated/α-hetero) is 1. The SMILES string of the molecule is Cc1cccc(CN2CCC(CCC(=O)c3cc4c5c(c3)CCN5C(=O)CC4)CC2)c1. The van der Waals surface area contributed by atoms with Gasteiger partial charge in [0.05, 0.1) is 5.69 Å². The van der Waals surface area contributed by atoms with Crippen molar-refractivity contribution in [2.24, 2.45) is 5.92 Å². The van der Waals surface area contributed by atoms with Gasteiger partial charge in [-0.2, -0.15) is 0 Å². The van der Waals surface area contributed by atoms with Crippen LogP contribution in [0.5, 0.6) is 0 Å². The van der Waals surface area contributed by atoms with Gasteiger partial charge in [-0.25, -0.2) is 0 Å². The normalized spacial score (nSPS) is 19.0. The lowest BCUT2D eigenvalue weighted by Crippen LogP contribution is -2.33. The highest BCUT2D eigenvalue weighted by molar-refractivity contribution is 6.02. The molecule has 5 rings (SSSR count). The molecule has 1 amide bonds. The Morgan fingerprint density at radius 1 is 1.00 bits per heavy atom. The smallest absolute Gasteiger partial charge is 0.227 e. The number of likely N-dealkylation sites (tertiary alicyclic amines) is 1. The highest BCUT2D eigenvalue weighted by atomic mass is 16.2. The van der Waals surface area contributed by atoms with Crippen molar-refractivity contribution in [2.75, 3.05) is 24.5 Å². The lowest BCUT2D eigenvalue weighted by atomic mass is 9.89. The van der Waals surface area contributed by atoms with Gasteiger partial charge in [0.2, 0.25) is 5.91 Å². The summed E-state index contributed by atoms with van der Waals surface area (Å²) in [6.07, 6.45) is 6.24. The van der Waals surface area contributed by atoms with Gasteiger partial charge in [0, 0.05) is 31.5 Å². The second-order valence-electron chi connectivity index (χ2n) is 9.61. The maximum Gasteiger partial charge on any atom is 0.227 e. The van der Waals surface area contributed by atoms with Gasteiger partial charge in [0.25, 0.3) is 0 Å². The topological polar surface area (TPSA) is 40.6 Å². The molecular weight excluding hydrogens is 384 g/mol. The molecule has 3 heterocycles. The van der Waals surface area contributed by atoms with Crippen molar-refractivity contribution in [1.82, 2.24) is 4.90 Å². The Labute approximate surface area is 185 Å². The molecule has 2 aromatic carbocycles. The fraction of sp³-hybridized carbons (Fsp3) is 0.481. The van der Waals surface area contributed by atoms with Crippen LogP contribution in [0.15, 0.2) is 36.4 Å². The molecule has 1 saturated heterocycles. The van der Waals surface area contributed by atoms with Crippen LogP contribution in [0.25, 0.3) is 0 Å². The van der Waals surface area contributed by atoms with E-state index in [1.54, 1.807) is 0 Å². The molecule has 0 aromatic heterocycles. The number of hydrogen-bond donors (Lipinski definition) is 0. The molecule has 31 heavy (non-hydrogen) atoms. The van der Waals surface area contributed by atoms with E-state index in [0.29, 0.717) is 18.8 Å². The zero-order valence-electron chi connectivity index (χ0n) is 18.5. The predicted octanol–water partition coefficient (Wildman–Crippen LogP) is 4.71. The molecule has 0 N–H and O–H groups in total. The number of rotatable bonds is 6. The van der Waals surface area contributed by atoms with Crippen molar-refractivity contribution in [1.29, 1.82) is 0 Å². The second-order valence-corrected chi connectivity index (χ2v) is 9.61. The predicted molar refractivity (Wildman–Crippen MR) is 124 cm³/mol. The molecule has 4 nitrogen and oxygen atoms in total. The van der Waals surface area contributed by atoms with Gasteiger partial charge in [-0.1, -0.05) is 29.8 Å². The van der Waals surface area contributed by atoms with E-state index in [0.717, 1.165) is 56.7 Å². The number of benzene rings is 2. The monoisotopic (exact) mass is 416 g/mol. The molecule has 0 bridgehead atoms. The van der Waals surface area contributed by atoms with E-state index in [1.165, 1.54) is 35.1 Å². The fourth-order valence-electron chi connectivity index (χ4n) is 5.60. The number of carbonyl (C=O) groups excluding carboxylic acids is 2. The molecule has 0 spiro atoms. The Morgan fingerprint density at radius 3 is 2.55 bits per heavy atom. The van der Waals surface area contributed by atoms with E-state index in [2.05, 4.69) is 48.2 Å². The summed E-state index contributed by atoms with van der Waals surface area (Å²) >= 11 is 0. The van der Waals surface area contributed by atoms with E-state index >= 15 is 0 Å². The zero-order chi connectivity index (χ0) is 21.4. The van der Waals surface area contributed by atoms with Crippen molar-refractivity contribution in [3.8, 4) is 0 Å². The van der Waals surface area contributed by atoms with Gasteiger partial charge < -0.3 is 4.90 Å². The first-order chi connectivity index (χ1) is 15.1. The van der Waals surface area contributed by atoms with Gasteiger partial charge in [-0.05, 0) is 86.9 Å². The third-order valence-corrected chi connectivity index (χ3v) is 7.35. The summed E-state index contributed by atoms with van der Waals surface area (Å²) in [5, 5.41) is 0. The summed E-state index contributed by atoms with van der Waals surface area (Å²) in [5.74, 6) is 1.16. The summed E-state index contributed by atoms with van der Waals surface area (Å²) in [4.78, 5) is 29.5. The van der Waals surface area contributed by atoms with Crippen LogP contribution in [0, 0.1) is 12.8 Å². The van der Waals surface area contributed by atoms with Crippen molar-refractivity contribution in [2.45, 2.75) is 58.4 Å². The molecule has 1 fully saturated rings. The van der Waals surface area contributed by atoms with Gasteiger partial charge in [0.1, 0.15) is 0 Å². The van der Waals surface area contributed by atoms with Crippen LogP contribution in [0.4, 0.5) is 5.69 Å². The van der Waals surface area contributed by atoms with Gasteiger partial charge >= 0.3 is 0 Å². The number of aryl methyl sites for hydroxylation is 2. The van der Waals surface area contributed by atoms with E-state index in [9.17, 15) is 9.59 Å². The number of hydrogen-bond acceptors (Lipinski definition) is 3. The van der Waals surface area contributed by atoms with Crippen molar-refractivity contribution in [3.63, 3.8) is 0 Å². The van der Waals surface area contributed by atoms with Crippen LogP contribution < -0.4 is 4.90 Å². The maximum absolute atomic E-state index is 13.0. The summed E-state index contributed by atoms with van der Waals surface area (Å²) in [5.41, 5.74) is 7.08. The number of amides is 1. The summed E-state index contributed by atoms with van der Waals surface area (Å²) in [6.45, 7) is 6.21. The molecule has 4 heteroatoms. The lowest BCUT2D eigenvalue weighted by molar-refractivity contribution is -0.118. The van der Waals surface area contributed by atoms with Crippen molar-refractivity contribution in [3.05, 3.63) is 64.2 Å². The Kier molecular flexibility index (Phi) is 5.66. The first-order valence-corrected chi connectivity index (χ1v) is 11.8.